The Labute approximate surface area is 182 Å². The number of benzene rings is 2. The lowest BCUT2D eigenvalue weighted by Gasteiger charge is -2.17. The van der Waals surface area contributed by atoms with Crippen molar-refractivity contribution >= 4 is 34.6 Å². The van der Waals surface area contributed by atoms with E-state index in [2.05, 4.69) is 10.3 Å². The van der Waals surface area contributed by atoms with Gasteiger partial charge in [0.05, 0.1) is 15.9 Å². The fourth-order valence-corrected chi connectivity index (χ4v) is 4.39. The van der Waals surface area contributed by atoms with E-state index in [1.54, 1.807) is 12.1 Å². The van der Waals surface area contributed by atoms with Gasteiger partial charge >= 0.3 is 5.69 Å². The van der Waals surface area contributed by atoms with Gasteiger partial charge in [-0.15, -0.1) is 0 Å². The fourth-order valence-electron chi connectivity index (χ4n) is 3.50. The van der Waals surface area contributed by atoms with Gasteiger partial charge < -0.3 is 10.1 Å². The molecule has 1 heterocycles. The van der Waals surface area contributed by atoms with Crippen molar-refractivity contribution in [1.82, 2.24) is 5.32 Å². The zero-order valence-electron chi connectivity index (χ0n) is 16.5. The molecule has 0 spiro atoms. The predicted octanol–water partition coefficient (Wildman–Crippen LogP) is 5.42. The zero-order chi connectivity index (χ0) is 21.8. The molecule has 0 unspecified atom stereocenters. The van der Waals surface area contributed by atoms with Crippen LogP contribution in [0.15, 0.2) is 52.4 Å². The third-order valence-corrected chi connectivity index (χ3v) is 5.97. The molecule has 1 amide bonds. The molecule has 4 rings (SSSR count). The Kier molecular flexibility index (Phi) is 6.31. The van der Waals surface area contributed by atoms with E-state index in [-0.39, 0.29) is 29.1 Å². The largest absolute Gasteiger partial charge is 0.450 e. The van der Waals surface area contributed by atoms with E-state index in [9.17, 15) is 19.3 Å². The number of amidine groups is 1. The van der Waals surface area contributed by atoms with Crippen LogP contribution in [-0.2, 0) is 4.79 Å². The highest BCUT2D eigenvalue weighted by Gasteiger charge is 2.26. The minimum atomic E-state index is -0.557. The van der Waals surface area contributed by atoms with Crippen molar-refractivity contribution in [3.63, 3.8) is 0 Å². The van der Waals surface area contributed by atoms with E-state index in [1.165, 1.54) is 54.6 Å². The normalized spacial score (nSPS) is 19.6. The fraction of sp³-hybridized carbons (Fsp3) is 0.273. The Morgan fingerprint density at radius 3 is 2.61 bits per heavy atom. The number of nitrogens with one attached hydrogen (secondary N) is 1. The zero-order valence-corrected chi connectivity index (χ0v) is 17.4. The number of nitrogens with zero attached hydrogens (tertiary/aromatic N) is 2. The van der Waals surface area contributed by atoms with Gasteiger partial charge in [-0.2, -0.15) is 0 Å². The van der Waals surface area contributed by atoms with Gasteiger partial charge in [0.25, 0.3) is 5.91 Å². The summed E-state index contributed by atoms with van der Waals surface area (Å²) in [6.07, 6.45) is 7.18. The molecule has 1 N–H and O–H groups in total. The lowest BCUT2D eigenvalue weighted by atomic mass is 9.96. The second kappa shape index (κ2) is 9.30. The molecule has 9 heteroatoms. The van der Waals surface area contributed by atoms with E-state index in [0.29, 0.717) is 15.6 Å². The summed E-state index contributed by atoms with van der Waals surface area (Å²) in [7, 11) is 0. The average molecular weight is 441 g/mol. The molecule has 2 aliphatic rings. The molecule has 0 radical (unpaired) electrons. The number of hydrogen-bond acceptors (Lipinski definition) is 6. The molecule has 2 aromatic carbocycles. The Hall–Kier alpha value is -3.20. The maximum absolute atomic E-state index is 13.1. The van der Waals surface area contributed by atoms with Crippen LogP contribution in [0.1, 0.15) is 37.7 Å². The lowest BCUT2D eigenvalue weighted by molar-refractivity contribution is -0.385. The first-order valence-electron chi connectivity index (χ1n) is 9.98. The first kappa shape index (κ1) is 21.0. The molecule has 160 valence electrons. The Morgan fingerprint density at radius 2 is 1.90 bits per heavy atom. The number of hydrogen-bond donors (Lipinski definition) is 1. The number of nitro groups is 1. The van der Waals surface area contributed by atoms with Gasteiger partial charge in [-0.1, -0.05) is 25.3 Å². The number of nitro benzene ring substituents is 1. The lowest BCUT2D eigenvalue weighted by Crippen LogP contribution is -2.22. The van der Waals surface area contributed by atoms with Gasteiger partial charge in [-0.3, -0.25) is 19.9 Å². The predicted molar refractivity (Wildman–Crippen MR) is 118 cm³/mol. The third-order valence-electron chi connectivity index (χ3n) is 5.04. The topological polar surface area (TPSA) is 93.8 Å². The number of amides is 1. The molecule has 7 nitrogen and oxygen atoms in total. The van der Waals surface area contributed by atoms with E-state index in [4.69, 9.17) is 4.74 Å². The summed E-state index contributed by atoms with van der Waals surface area (Å²) in [5, 5.41) is 14.9. The molecule has 2 fully saturated rings. The van der Waals surface area contributed by atoms with E-state index in [1.807, 2.05) is 0 Å². The van der Waals surface area contributed by atoms with Crippen LogP contribution in [0, 0.1) is 15.9 Å². The van der Waals surface area contributed by atoms with Crippen molar-refractivity contribution in [3.8, 4) is 11.5 Å². The van der Waals surface area contributed by atoms with Gasteiger partial charge in [0.15, 0.2) is 5.17 Å². The summed E-state index contributed by atoms with van der Waals surface area (Å²) in [6, 6.07) is 9.87. The molecule has 31 heavy (non-hydrogen) atoms. The Balaban J connectivity index is 1.54. The second-order valence-electron chi connectivity index (χ2n) is 7.33. The Bertz CT molecular complexity index is 1060. The van der Waals surface area contributed by atoms with Crippen LogP contribution in [0.25, 0.3) is 6.08 Å². The molecule has 0 atom stereocenters. The SMILES string of the molecule is O=C1NC(=NC2CCCCC2)S/C1=C\c1ccc(Oc2ccc(F)cc2)c([N+](=O)[O-])c1. The monoisotopic (exact) mass is 441 g/mol. The second-order valence-corrected chi connectivity index (χ2v) is 8.36. The van der Waals surface area contributed by atoms with Gasteiger partial charge in [-0.25, -0.2) is 4.39 Å². The number of carbonyl (C=O) groups excluding carboxylic acids is 1. The van der Waals surface area contributed by atoms with Crippen molar-refractivity contribution < 1.29 is 18.8 Å². The molecule has 2 aromatic rings. The van der Waals surface area contributed by atoms with Gasteiger partial charge in [0, 0.05) is 6.07 Å². The highest BCUT2D eigenvalue weighted by atomic mass is 32.2. The third kappa shape index (κ3) is 5.29. The first-order chi connectivity index (χ1) is 15.0. The molecule has 1 saturated carbocycles. The van der Waals surface area contributed by atoms with Crippen molar-refractivity contribution in [1.29, 1.82) is 0 Å². The minimum Gasteiger partial charge on any atom is -0.450 e. The average Bonchev–Trinajstić information content (AvgIpc) is 3.10. The molecule has 1 saturated heterocycles. The van der Waals surface area contributed by atoms with Crippen molar-refractivity contribution in [3.05, 3.63) is 68.9 Å². The first-order valence-corrected chi connectivity index (χ1v) is 10.8. The summed E-state index contributed by atoms with van der Waals surface area (Å²) < 4.78 is 18.6. The molecular weight excluding hydrogens is 421 g/mol. The van der Waals surface area contributed by atoms with Gasteiger partial charge in [0.1, 0.15) is 11.6 Å². The van der Waals surface area contributed by atoms with Gasteiger partial charge in [-0.05, 0) is 66.6 Å². The summed E-state index contributed by atoms with van der Waals surface area (Å²) in [6.45, 7) is 0. The van der Waals surface area contributed by atoms with Crippen LogP contribution in [0.3, 0.4) is 0 Å². The number of thioether (sulfide) groups is 1. The van der Waals surface area contributed by atoms with Crippen LogP contribution in [-0.4, -0.2) is 22.0 Å². The highest BCUT2D eigenvalue weighted by molar-refractivity contribution is 8.18. The maximum atomic E-state index is 13.1. The smallest absolute Gasteiger partial charge is 0.312 e. The number of halogens is 1. The van der Waals surface area contributed by atoms with E-state index >= 15 is 0 Å². The summed E-state index contributed by atoms with van der Waals surface area (Å²) in [5.74, 6) is -0.386. The van der Waals surface area contributed by atoms with Crippen molar-refractivity contribution in [2.45, 2.75) is 38.1 Å². The van der Waals surface area contributed by atoms with Crippen LogP contribution < -0.4 is 10.1 Å². The maximum Gasteiger partial charge on any atom is 0.312 e. The molecule has 0 bridgehead atoms. The van der Waals surface area contributed by atoms with Crippen LogP contribution in [0.2, 0.25) is 0 Å². The summed E-state index contributed by atoms with van der Waals surface area (Å²) in [4.78, 5) is 28.4. The van der Waals surface area contributed by atoms with Crippen LogP contribution >= 0.6 is 11.8 Å². The Morgan fingerprint density at radius 1 is 1.16 bits per heavy atom. The number of ether oxygens (including phenoxy) is 1. The van der Waals surface area contributed by atoms with Gasteiger partial charge in [0.2, 0.25) is 5.75 Å². The van der Waals surface area contributed by atoms with Crippen LogP contribution in [0.5, 0.6) is 11.5 Å². The molecule has 0 aromatic heterocycles. The molecule has 1 aliphatic heterocycles. The van der Waals surface area contributed by atoms with E-state index < -0.39 is 10.7 Å². The summed E-state index contributed by atoms with van der Waals surface area (Å²) in [5.41, 5.74) is 0.243. The number of aliphatic imine (C=N–C) groups is 1. The van der Waals surface area contributed by atoms with Crippen molar-refractivity contribution in [2.75, 3.05) is 0 Å². The van der Waals surface area contributed by atoms with Crippen molar-refractivity contribution in [2.24, 2.45) is 4.99 Å². The van der Waals surface area contributed by atoms with Crippen LogP contribution in [0.4, 0.5) is 10.1 Å². The molecular formula is C22H20FN3O4S. The number of carbonyl (C=O) groups is 1. The number of rotatable bonds is 5. The minimum absolute atomic E-state index is 0.0295. The highest BCUT2D eigenvalue weighted by Crippen LogP contribution is 2.34. The quantitative estimate of drug-likeness (QED) is 0.380. The summed E-state index contributed by atoms with van der Waals surface area (Å²) >= 11 is 1.24. The molecule has 1 aliphatic carbocycles. The van der Waals surface area contributed by atoms with E-state index in [0.717, 1.165) is 25.7 Å². The standard InChI is InChI=1S/C22H20FN3O4S/c23-15-7-9-17(10-8-15)30-19-11-6-14(12-18(19)26(28)29)13-20-21(27)25-22(31-20)24-16-4-2-1-3-5-16/h6-13,16H,1-5H2,(H,24,25,27)/b20-13-.